The summed E-state index contributed by atoms with van der Waals surface area (Å²) in [5.74, 6) is -1.03. The van der Waals surface area contributed by atoms with Gasteiger partial charge >= 0.3 is 0 Å². The Bertz CT molecular complexity index is 1320. The highest BCUT2D eigenvalue weighted by Gasteiger charge is 2.44. The van der Waals surface area contributed by atoms with Crippen molar-refractivity contribution in [3.05, 3.63) is 28.4 Å². The molecule has 1 heterocycles. The molecule has 2 aromatic rings. The number of rotatable bonds is 7. The van der Waals surface area contributed by atoms with Crippen molar-refractivity contribution in [2.75, 3.05) is 42.0 Å². The minimum absolute atomic E-state index is 0.0101. The van der Waals surface area contributed by atoms with Crippen molar-refractivity contribution in [3.63, 3.8) is 0 Å². The van der Waals surface area contributed by atoms with Crippen molar-refractivity contribution >= 4 is 102 Å². The molecule has 13 nitrogen and oxygen atoms in total. The van der Waals surface area contributed by atoms with Crippen LogP contribution in [0.25, 0.3) is 11.1 Å². The highest BCUT2D eigenvalue weighted by atomic mass is 127. The van der Waals surface area contributed by atoms with Crippen LogP contribution in [0, 0.1) is 10.7 Å². The summed E-state index contributed by atoms with van der Waals surface area (Å²) in [6.07, 6.45) is -7.00. The minimum atomic E-state index is -1.72. The molecule has 2 amide bonds. The van der Waals surface area contributed by atoms with Crippen molar-refractivity contribution < 1.29 is 39.9 Å². The second kappa shape index (κ2) is 13.6. The van der Waals surface area contributed by atoms with Crippen LogP contribution in [0.5, 0.6) is 0 Å². The molecule has 6 atom stereocenters. The van der Waals surface area contributed by atoms with Crippen LogP contribution in [-0.2, 0) is 9.53 Å². The third-order valence-corrected chi connectivity index (χ3v) is 10.0. The average molecular weight is 911 g/mol. The summed E-state index contributed by atoms with van der Waals surface area (Å²) in [5, 5.41) is 52.9. The Balaban J connectivity index is 2.12. The van der Waals surface area contributed by atoms with Crippen LogP contribution in [0.4, 0.5) is 22.7 Å². The lowest BCUT2D eigenvalue weighted by molar-refractivity contribution is -0.252. The third kappa shape index (κ3) is 6.64. The van der Waals surface area contributed by atoms with Crippen molar-refractivity contribution in [1.29, 1.82) is 0 Å². The maximum atomic E-state index is 13.2. The first-order valence-corrected chi connectivity index (χ1v) is 15.4. The van der Waals surface area contributed by atoms with Gasteiger partial charge in [0.25, 0.3) is 5.91 Å². The third-order valence-electron chi connectivity index (χ3n) is 6.90. The van der Waals surface area contributed by atoms with E-state index in [1.54, 1.807) is 38.1 Å². The van der Waals surface area contributed by atoms with Gasteiger partial charge in [-0.25, -0.2) is 0 Å². The lowest BCUT2D eigenvalue weighted by atomic mass is 9.95. The number of amides is 2. The van der Waals surface area contributed by atoms with E-state index in [0.717, 1.165) is 7.14 Å². The molecule has 3 rings (SSSR count). The molecular weight excluding hydrogens is 879 g/mol. The van der Waals surface area contributed by atoms with Crippen molar-refractivity contribution in [3.8, 4) is 11.1 Å². The first kappa shape index (κ1) is 34.2. The van der Waals surface area contributed by atoms with Gasteiger partial charge in [0, 0.05) is 45.1 Å². The smallest absolute Gasteiger partial charge is 0.255 e. The number of nitrogens with one attached hydrogen (secondary N) is 1. The predicted molar refractivity (Wildman–Crippen MR) is 179 cm³/mol. The van der Waals surface area contributed by atoms with E-state index in [-0.39, 0.29) is 22.8 Å². The van der Waals surface area contributed by atoms with Crippen molar-refractivity contribution in [2.24, 2.45) is 0 Å². The summed E-state index contributed by atoms with van der Waals surface area (Å²) in [4.78, 5) is 28.8. The number of ether oxygens (including phenoxy) is 1. The van der Waals surface area contributed by atoms with E-state index in [4.69, 9.17) is 16.2 Å². The monoisotopic (exact) mass is 911 g/mol. The van der Waals surface area contributed by atoms with Crippen LogP contribution >= 0.6 is 67.8 Å². The normalized spacial score (nSPS) is 23.2. The van der Waals surface area contributed by atoms with E-state index < -0.39 is 49.4 Å². The van der Waals surface area contributed by atoms with E-state index in [9.17, 15) is 35.1 Å². The number of halogens is 3. The van der Waals surface area contributed by atoms with Crippen LogP contribution in [-0.4, -0.2) is 94.9 Å². The maximum Gasteiger partial charge on any atom is 0.255 e. The Morgan fingerprint density at radius 2 is 1.56 bits per heavy atom. The molecule has 6 unspecified atom stereocenters. The van der Waals surface area contributed by atoms with Crippen LogP contribution < -0.4 is 26.6 Å². The van der Waals surface area contributed by atoms with Crippen molar-refractivity contribution in [1.82, 2.24) is 5.32 Å². The van der Waals surface area contributed by atoms with E-state index in [1.807, 2.05) is 0 Å². The summed E-state index contributed by atoms with van der Waals surface area (Å²) in [6, 6.07) is 1.66. The first-order chi connectivity index (χ1) is 19.0. The number of aliphatic hydroxyl groups is 5. The molecule has 1 fully saturated rings. The Kier molecular flexibility index (Phi) is 11.3. The summed E-state index contributed by atoms with van der Waals surface area (Å²) in [5.41, 5.74) is 15.0. The topological polar surface area (TPSA) is 215 Å². The quantitative estimate of drug-likeness (QED) is 0.110. The van der Waals surface area contributed by atoms with Crippen molar-refractivity contribution in [2.45, 2.75) is 50.7 Å². The SMILES string of the molecule is CC(=O)N(C)c1c(I)c(-c2cc(N)c(C(=O)NC3C(O)OC(CO)C(O)C3O)c(N)c2)c(I)c(N(C)C(C)O)c1I. The fraction of sp³-hybridized carbons (Fsp3) is 0.440. The van der Waals surface area contributed by atoms with Gasteiger partial charge in [0.05, 0.1) is 27.1 Å². The van der Waals surface area contributed by atoms with Gasteiger partial charge in [-0.1, -0.05) is 0 Å². The average Bonchev–Trinajstić information content (AvgIpc) is 2.87. The van der Waals surface area contributed by atoms with E-state index in [2.05, 4.69) is 73.1 Å². The molecule has 1 aliphatic heterocycles. The standard InChI is InChI=1S/C25H32I3N5O8/c1-8(35)32(3)20-16(26)14(17(27)21(18(20)28)33(4)9(2)36)10-5-11(29)15(12(30)6-10)24(39)31-19-23(38)22(37)13(7-34)41-25(19)40/h5-6,8,13,19,22-23,25,34-35,37-38,40H,7,29-30H2,1-4H3,(H,31,39). The van der Waals surface area contributed by atoms with Crippen LogP contribution in [0.3, 0.4) is 0 Å². The molecule has 16 heteroatoms. The van der Waals surface area contributed by atoms with Gasteiger partial charge in [-0.05, 0) is 92.4 Å². The summed E-state index contributed by atoms with van der Waals surface area (Å²) in [7, 11) is 3.38. The number of hydrogen-bond acceptors (Lipinski definition) is 11. The van der Waals surface area contributed by atoms with Gasteiger partial charge in [0.15, 0.2) is 6.29 Å². The second-order valence-corrected chi connectivity index (χ2v) is 12.8. The number of hydrogen-bond donors (Lipinski definition) is 8. The number of nitrogens with two attached hydrogens (primary N) is 2. The molecule has 1 aliphatic rings. The summed E-state index contributed by atoms with van der Waals surface area (Å²) in [6.45, 7) is 2.42. The molecule has 0 bridgehead atoms. The van der Waals surface area contributed by atoms with Gasteiger partial charge in [-0.2, -0.15) is 0 Å². The minimum Gasteiger partial charge on any atom is -0.398 e. The number of aliphatic hydroxyl groups excluding tert-OH is 5. The van der Waals surface area contributed by atoms with Gasteiger partial charge in [0.2, 0.25) is 5.91 Å². The Morgan fingerprint density at radius 3 is 2.05 bits per heavy atom. The Labute approximate surface area is 277 Å². The highest BCUT2D eigenvalue weighted by molar-refractivity contribution is 14.1. The molecule has 10 N–H and O–H groups in total. The van der Waals surface area contributed by atoms with Gasteiger partial charge in [-0.15, -0.1) is 0 Å². The zero-order chi connectivity index (χ0) is 31.1. The molecule has 0 saturated carbocycles. The molecule has 0 aliphatic carbocycles. The molecule has 41 heavy (non-hydrogen) atoms. The largest absolute Gasteiger partial charge is 0.398 e. The zero-order valence-corrected chi connectivity index (χ0v) is 28.9. The molecule has 2 aromatic carbocycles. The summed E-state index contributed by atoms with van der Waals surface area (Å²) >= 11 is 6.44. The fourth-order valence-corrected chi connectivity index (χ4v) is 9.68. The second-order valence-electron chi connectivity index (χ2n) is 9.59. The Hall–Kier alpha value is -1.27. The van der Waals surface area contributed by atoms with Crippen LogP contribution in [0.15, 0.2) is 12.1 Å². The Morgan fingerprint density at radius 1 is 1.02 bits per heavy atom. The first-order valence-electron chi connectivity index (χ1n) is 12.2. The van der Waals surface area contributed by atoms with E-state index in [1.165, 1.54) is 11.8 Å². The molecular formula is C25H32I3N5O8. The molecule has 0 aromatic heterocycles. The van der Waals surface area contributed by atoms with Crippen LogP contribution in [0.2, 0.25) is 0 Å². The number of benzene rings is 2. The van der Waals surface area contributed by atoms with Gasteiger partial charge in [-0.3, -0.25) is 9.59 Å². The predicted octanol–water partition coefficient (Wildman–Crippen LogP) is 0.619. The van der Waals surface area contributed by atoms with Gasteiger partial charge < -0.3 is 56.9 Å². The van der Waals surface area contributed by atoms with E-state index in [0.29, 0.717) is 26.1 Å². The zero-order valence-electron chi connectivity index (χ0n) is 22.5. The maximum absolute atomic E-state index is 13.2. The molecule has 1 saturated heterocycles. The summed E-state index contributed by atoms with van der Waals surface area (Å²) < 4.78 is 7.31. The fourth-order valence-electron chi connectivity index (χ4n) is 4.41. The molecule has 0 spiro atoms. The molecule has 0 radical (unpaired) electrons. The number of carbonyl (C=O) groups excluding carboxylic acids is 2. The van der Waals surface area contributed by atoms with E-state index >= 15 is 0 Å². The van der Waals surface area contributed by atoms with Gasteiger partial charge in [0.1, 0.15) is 30.6 Å². The number of nitrogen functional groups attached to an aromatic ring is 2. The lowest BCUT2D eigenvalue weighted by Gasteiger charge is -2.40. The van der Waals surface area contributed by atoms with Crippen LogP contribution in [0.1, 0.15) is 24.2 Å². The molecule has 226 valence electrons. The lowest BCUT2D eigenvalue weighted by Crippen LogP contribution is -2.64. The number of carbonyl (C=O) groups is 2. The number of nitrogens with zero attached hydrogens (tertiary/aromatic N) is 2. The number of anilines is 4. The highest BCUT2D eigenvalue weighted by Crippen LogP contribution is 2.47.